The third-order valence-corrected chi connectivity index (χ3v) is 4.72. The third kappa shape index (κ3) is 3.70. The van der Waals surface area contributed by atoms with Crippen molar-refractivity contribution >= 4 is 16.9 Å². The molecule has 3 N–H and O–H groups in total. The molecule has 0 spiro atoms. The Hall–Kier alpha value is -2.08. The Bertz CT molecular complexity index is 758. The van der Waals surface area contributed by atoms with Gasteiger partial charge in [0.15, 0.2) is 0 Å². The molecule has 1 aliphatic rings. The quantitative estimate of drug-likeness (QED) is 0.760. The van der Waals surface area contributed by atoms with E-state index < -0.39 is 6.10 Å². The first-order valence-corrected chi connectivity index (χ1v) is 8.74. The van der Waals surface area contributed by atoms with Gasteiger partial charge in [-0.2, -0.15) is 0 Å². The second-order valence-corrected chi connectivity index (χ2v) is 6.55. The zero-order chi connectivity index (χ0) is 17.1. The molecule has 2 atom stereocenters. The van der Waals surface area contributed by atoms with Gasteiger partial charge < -0.3 is 20.0 Å². The van der Waals surface area contributed by atoms with Crippen molar-refractivity contribution in [1.29, 1.82) is 0 Å². The van der Waals surface area contributed by atoms with E-state index in [1.54, 1.807) is 0 Å². The van der Waals surface area contributed by atoms with Gasteiger partial charge in [-0.1, -0.05) is 25.8 Å². The van der Waals surface area contributed by atoms with Crippen LogP contribution in [0.5, 0.6) is 0 Å². The summed E-state index contributed by atoms with van der Waals surface area (Å²) in [5, 5.41) is 3.03. The summed E-state index contributed by atoms with van der Waals surface area (Å²) < 4.78 is 5.97. The maximum Gasteiger partial charge on any atom is 0.323 e. The number of fused-ring (bicyclic) bond motifs is 1. The molecule has 2 aromatic rings. The summed E-state index contributed by atoms with van der Waals surface area (Å²) in [6.45, 7) is 3.91. The normalized spacial score (nSPS) is 17.9. The number of hydrogen-bond donors (Lipinski definition) is 3. The van der Waals surface area contributed by atoms with Crippen molar-refractivity contribution in [3.05, 3.63) is 34.2 Å². The number of aromatic nitrogens is 2. The van der Waals surface area contributed by atoms with Gasteiger partial charge in [0.1, 0.15) is 6.10 Å². The Labute approximate surface area is 141 Å². The summed E-state index contributed by atoms with van der Waals surface area (Å²) >= 11 is 0. The molecule has 24 heavy (non-hydrogen) atoms. The molecule has 1 fully saturated rings. The fourth-order valence-electron chi connectivity index (χ4n) is 3.31. The van der Waals surface area contributed by atoms with Crippen LogP contribution in [-0.4, -0.2) is 28.1 Å². The lowest BCUT2D eigenvalue weighted by Gasteiger charge is -2.23. The van der Waals surface area contributed by atoms with Crippen LogP contribution in [0.25, 0.3) is 11.0 Å². The Kier molecular flexibility index (Phi) is 5.04. The van der Waals surface area contributed by atoms with Crippen molar-refractivity contribution in [1.82, 2.24) is 15.3 Å². The molecule has 6 nitrogen and oxygen atoms in total. The maximum atomic E-state index is 12.5. The lowest BCUT2D eigenvalue weighted by molar-refractivity contribution is -0.137. The summed E-state index contributed by atoms with van der Waals surface area (Å²) in [6, 6.07) is 5.49. The van der Waals surface area contributed by atoms with E-state index >= 15 is 0 Å². The van der Waals surface area contributed by atoms with Crippen LogP contribution in [0.3, 0.4) is 0 Å². The summed E-state index contributed by atoms with van der Waals surface area (Å²) in [5.74, 6) is -0.0699. The molecule has 130 valence electrons. The highest BCUT2D eigenvalue weighted by atomic mass is 16.5. The summed E-state index contributed by atoms with van der Waals surface area (Å²) in [7, 11) is 0. The number of H-pyrrole nitrogens is 2. The van der Waals surface area contributed by atoms with Gasteiger partial charge in [-0.05, 0) is 43.9 Å². The zero-order valence-electron chi connectivity index (χ0n) is 14.2. The first kappa shape index (κ1) is 16.8. The van der Waals surface area contributed by atoms with Crippen LogP contribution < -0.4 is 11.0 Å². The predicted molar refractivity (Wildman–Crippen MR) is 92.9 cm³/mol. The van der Waals surface area contributed by atoms with Gasteiger partial charge in [0.05, 0.1) is 23.2 Å². The van der Waals surface area contributed by atoms with Gasteiger partial charge in [0.2, 0.25) is 5.91 Å². The molecule has 1 amide bonds. The molecule has 1 aromatic heterocycles. The predicted octanol–water partition coefficient (Wildman–Crippen LogP) is 2.77. The summed E-state index contributed by atoms with van der Waals surface area (Å²) in [4.78, 5) is 29.3. The summed E-state index contributed by atoms with van der Waals surface area (Å²) in [5.41, 5.74) is 2.22. The molecule has 0 unspecified atom stereocenters. The number of imidazole rings is 1. The molecular formula is C18H25N3O3. The average molecular weight is 331 g/mol. The standard InChI is InChI=1S/C18H25N3O3/c1-3-16(24-13-6-4-5-7-13)17(22)19-11(2)12-8-9-14-15(10-12)21-18(23)20-14/h8-11,13,16H,3-7H2,1-2H3,(H,19,22)(H2,20,21,23)/t11-,16-/m0/s1. The topological polar surface area (TPSA) is 87.0 Å². The number of rotatable bonds is 6. The van der Waals surface area contributed by atoms with Crippen LogP contribution in [-0.2, 0) is 9.53 Å². The monoisotopic (exact) mass is 331 g/mol. The van der Waals surface area contributed by atoms with Crippen molar-refractivity contribution in [2.75, 3.05) is 0 Å². The number of hydrogen-bond acceptors (Lipinski definition) is 3. The van der Waals surface area contributed by atoms with E-state index in [1.165, 1.54) is 12.8 Å². The average Bonchev–Trinajstić information content (AvgIpc) is 3.19. The van der Waals surface area contributed by atoms with Crippen LogP contribution in [0.2, 0.25) is 0 Å². The molecule has 0 bridgehead atoms. The molecule has 6 heteroatoms. The lowest BCUT2D eigenvalue weighted by Crippen LogP contribution is -2.39. The minimum Gasteiger partial charge on any atom is -0.365 e. The fourth-order valence-corrected chi connectivity index (χ4v) is 3.31. The number of carbonyl (C=O) groups is 1. The fraction of sp³-hybridized carbons (Fsp3) is 0.556. The van der Waals surface area contributed by atoms with Crippen molar-refractivity contribution in [3.63, 3.8) is 0 Å². The molecule has 1 aromatic carbocycles. The zero-order valence-corrected chi connectivity index (χ0v) is 14.2. The van der Waals surface area contributed by atoms with E-state index in [0.717, 1.165) is 29.4 Å². The molecule has 0 radical (unpaired) electrons. The largest absolute Gasteiger partial charge is 0.365 e. The van der Waals surface area contributed by atoms with Crippen LogP contribution in [0.15, 0.2) is 23.0 Å². The summed E-state index contributed by atoms with van der Waals surface area (Å²) in [6.07, 6.45) is 4.97. The van der Waals surface area contributed by atoms with Crippen molar-refractivity contribution in [2.24, 2.45) is 0 Å². The maximum absolute atomic E-state index is 12.5. The SMILES string of the molecule is CC[C@H](OC1CCCC1)C(=O)N[C@@H](C)c1ccc2[nH]c(=O)[nH]c2c1. The highest BCUT2D eigenvalue weighted by Crippen LogP contribution is 2.23. The van der Waals surface area contributed by atoms with Gasteiger partial charge in [0.25, 0.3) is 0 Å². The Balaban J connectivity index is 1.65. The lowest BCUT2D eigenvalue weighted by atomic mass is 10.1. The van der Waals surface area contributed by atoms with Crippen molar-refractivity contribution < 1.29 is 9.53 Å². The smallest absolute Gasteiger partial charge is 0.323 e. The molecule has 0 aliphatic heterocycles. The van der Waals surface area contributed by atoms with Gasteiger partial charge in [-0.3, -0.25) is 4.79 Å². The number of amides is 1. The minimum atomic E-state index is -0.397. The number of carbonyl (C=O) groups excluding carboxylic acids is 1. The first-order chi connectivity index (χ1) is 11.6. The molecule has 1 heterocycles. The van der Waals surface area contributed by atoms with Crippen LogP contribution in [0, 0.1) is 0 Å². The number of nitrogens with one attached hydrogen (secondary N) is 3. The Morgan fingerprint density at radius 3 is 2.71 bits per heavy atom. The Morgan fingerprint density at radius 1 is 1.29 bits per heavy atom. The number of benzene rings is 1. The second-order valence-electron chi connectivity index (χ2n) is 6.55. The third-order valence-electron chi connectivity index (χ3n) is 4.72. The highest BCUT2D eigenvalue weighted by Gasteiger charge is 2.25. The molecule has 1 aliphatic carbocycles. The molecular weight excluding hydrogens is 306 g/mol. The molecule has 0 saturated heterocycles. The van der Waals surface area contributed by atoms with Gasteiger partial charge in [0, 0.05) is 0 Å². The van der Waals surface area contributed by atoms with Crippen LogP contribution in [0.1, 0.15) is 57.6 Å². The van der Waals surface area contributed by atoms with Gasteiger partial charge >= 0.3 is 5.69 Å². The van der Waals surface area contributed by atoms with Crippen molar-refractivity contribution in [2.45, 2.75) is 64.2 Å². The highest BCUT2D eigenvalue weighted by molar-refractivity contribution is 5.81. The number of ether oxygens (including phenoxy) is 1. The second kappa shape index (κ2) is 7.21. The van der Waals surface area contributed by atoms with E-state index in [9.17, 15) is 9.59 Å². The van der Waals surface area contributed by atoms with E-state index in [0.29, 0.717) is 6.42 Å². The van der Waals surface area contributed by atoms with E-state index in [1.807, 2.05) is 32.0 Å². The van der Waals surface area contributed by atoms with E-state index in [2.05, 4.69) is 15.3 Å². The van der Waals surface area contributed by atoms with Crippen LogP contribution >= 0.6 is 0 Å². The van der Waals surface area contributed by atoms with E-state index in [4.69, 9.17) is 4.74 Å². The van der Waals surface area contributed by atoms with E-state index in [-0.39, 0.29) is 23.7 Å². The minimum absolute atomic E-state index is 0.0699. The first-order valence-electron chi connectivity index (χ1n) is 8.74. The van der Waals surface area contributed by atoms with Gasteiger partial charge in [-0.25, -0.2) is 4.79 Å². The molecule has 1 saturated carbocycles. The van der Waals surface area contributed by atoms with Crippen LogP contribution in [0.4, 0.5) is 0 Å². The number of aromatic amines is 2. The molecule has 3 rings (SSSR count). The Morgan fingerprint density at radius 2 is 2.00 bits per heavy atom. The van der Waals surface area contributed by atoms with Gasteiger partial charge in [-0.15, -0.1) is 0 Å². The van der Waals surface area contributed by atoms with Crippen molar-refractivity contribution in [3.8, 4) is 0 Å².